The van der Waals surface area contributed by atoms with E-state index < -0.39 is 5.60 Å². The van der Waals surface area contributed by atoms with Crippen molar-refractivity contribution in [3.05, 3.63) is 0 Å². The van der Waals surface area contributed by atoms with Crippen molar-refractivity contribution < 1.29 is 9.84 Å². The molecule has 1 aliphatic carbocycles. The van der Waals surface area contributed by atoms with Crippen LogP contribution in [0.2, 0.25) is 0 Å². The van der Waals surface area contributed by atoms with Crippen LogP contribution in [0, 0.1) is 11.3 Å². The lowest BCUT2D eigenvalue weighted by atomic mass is 9.64. The molecule has 1 N–H and O–H groups in total. The summed E-state index contributed by atoms with van der Waals surface area (Å²) in [7, 11) is 0. The van der Waals surface area contributed by atoms with Crippen molar-refractivity contribution in [2.24, 2.45) is 11.3 Å². The molecule has 3 atom stereocenters. The standard InChI is InChI=1S/C15H28O2/c1-12-9-14(2,3)11-15(16,10-12)7-6-13-5-4-8-17-13/h12-13,16H,4-11H2,1-3H3. The average Bonchev–Trinajstić information content (AvgIpc) is 2.62. The minimum atomic E-state index is -0.437. The van der Waals surface area contributed by atoms with Crippen molar-refractivity contribution >= 4 is 0 Å². The van der Waals surface area contributed by atoms with Gasteiger partial charge in [-0.05, 0) is 56.3 Å². The molecule has 0 radical (unpaired) electrons. The minimum absolute atomic E-state index is 0.295. The number of hydrogen-bond acceptors (Lipinski definition) is 2. The minimum Gasteiger partial charge on any atom is -0.390 e. The van der Waals surface area contributed by atoms with E-state index in [1.807, 2.05) is 0 Å². The number of rotatable bonds is 3. The van der Waals surface area contributed by atoms with E-state index in [9.17, 15) is 5.11 Å². The third-order valence-electron chi connectivity index (χ3n) is 4.39. The fourth-order valence-corrected chi connectivity index (χ4v) is 4.19. The van der Waals surface area contributed by atoms with E-state index in [1.165, 1.54) is 19.3 Å². The molecule has 17 heavy (non-hydrogen) atoms. The molecule has 1 saturated heterocycles. The van der Waals surface area contributed by atoms with E-state index >= 15 is 0 Å². The maximum atomic E-state index is 10.8. The van der Waals surface area contributed by atoms with Crippen molar-refractivity contribution in [3.63, 3.8) is 0 Å². The van der Waals surface area contributed by atoms with Crippen molar-refractivity contribution in [2.75, 3.05) is 6.61 Å². The van der Waals surface area contributed by atoms with Crippen LogP contribution in [0.5, 0.6) is 0 Å². The number of ether oxygens (including phenoxy) is 1. The first-order valence-corrected chi connectivity index (χ1v) is 7.23. The van der Waals surface area contributed by atoms with Gasteiger partial charge < -0.3 is 9.84 Å². The molecule has 0 spiro atoms. The molecular formula is C15H28O2. The van der Waals surface area contributed by atoms with Gasteiger partial charge in [-0.1, -0.05) is 20.8 Å². The van der Waals surface area contributed by atoms with Crippen LogP contribution in [-0.4, -0.2) is 23.4 Å². The molecule has 2 aliphatic rings. The molecule has 1 aliphatic heterocycles. The van der Waals surface area contributed by atoms with Crippen molar-refractivity contribution in [3.8, 4) is 0 Å². The first kappa shape index (κ1) is 13.4. The Morgan fingerprint density at radius 1 is 1.29 bits per heavy atom. The molecule has 2 fully saturated rings. The third kappa shape index (κ3) is 3.69. The fourth-order valence-electron chi connectivity index (χ4n) is 4.19. The summed E-state index contributed by atoms with van der Waals surface area (Å²) in [4.78, 5) is 0. The van der Waals surface area contributed by atoms with Gasteiger partial charge in [0.25, 0.3) is 0 Å². The highest BCUT2D eigenvalue weighted by Gasteiger charge is 2.41. The van der Waals surface area contributed by atoms with Crippen LogP contribution in [0.15, 0.2) is 0 Å². The normalized spacial score (nSPS) is 41.6. The molecule has 0 amide bonds. The van der Waals surface area contributed by atoms with Gasteiger partial charge in [0.05, 0.1) is 11.7 Å². The summed E-state index contributed by atoms with van der Waals surface area (Å²) in [6, 6.07) is 0. The highest BCUT2D eigenvalue weighted by Crippen LogP contribution is 2.46. The van der Waals surface area contributed by atoms with Crippen LogP contribution in [0.25, 0.3) is 0 Å². The molecule has 2 heteroatoms. The smallest absolute Gasteiger partial charge is 0.0656 e. The van der Waals surface area contributed by atoms with Crippen LogP contribution in [0.1, 0.15) is 65.7 Å². The summed E-state index contributed by atoms with van der Waals surface area (Å²) in [5.41, 5.74) is -0.143. The number of hydrogen-bond donors (Lipinski definition) is 1. The molecule has 3 unspecified atom stereocenters. The summed E-state index contributed by atoms with van der Waals surface area (Å²) in [5, 5.41) is 10.8. The summed E-state index contributed by atoms with van der Waals surface area (Å²) in [6.45, 7) is 7.78. The molecule has 0 aromatic heterocycles. The van der Waals surface area contributed by atoms with E-state index in [4.69, 9.17) is 4.74 Å². The van der Waals surface area contributed by atoms with Gasteiger partial charge in [-0.3, -0.25) is 0 Å². The maximum absolute atomic E-state index is 10.8. The Hall–Kier alpha value is -0.0800. The van der Waals surface area contributed by atoms with Crippen LogP contribution >= 0.6 is 0 Å². The summed E-state index contributed by atoms with van der Waals surface area (Å²) in [5.74, 6) is 0.647. The SMILES string of the molecule is CC1CC(C)(C)CC(O)(CCC2CCCO2)C1. The van der Waals surface area contributed by atoms with Crippen LogP contribution in [0.3, 0.4) is 0 Å². The molecule has 0 aromatic rings. The summed E-state index contributed by atoms with van der Waals surface area (Å²) < 4.78 is 5.66. The topological polar surface area (TPSA) is 29.5 Å². The van der Waals surface area contributed by atoms with E-state index in [0.717, 1.165) is 32.3 Å². The Labute approximate surface area is 106 Å². The molecule has 100 valence electrons. The fraction of sp³-hybridized carbons (Fsp3) is 1.00. The van der Waals surface area contributed by atoms with Gasteiger partial charge >= 0.3 is 0 Å². The second-order valence-electron chi connectivity index (χ2n) is 7.25. The van der Waals surface area contributed by atoms with E-state index in [1.54, 1.807) is 0 Å². The largest absolute Gasteiger partial charge is 0.390 e. The summed E-state index contributed by atoms with van der Waals surface area (Å²) >= 11 is 0. The van der Waals surface area contributed by atoms with Gasteiger partial charge in [0.2, 0.25) is 0 Å². The Balaban J connectivity index is 1.88. The van der Waals surface area contributed by atoms with Crippen LogP contribution < -0.4 is 0 Å². The highest BCUT2D eigenvalue weighted by atomic mass is 16.5. The maximum Gasteiger partial charge on any atom is 0.0656 e. The summed E-state index contributed by atoms with van der Waals surface area (Å²) in [6.07, 6.45) is 7.94. The zero-order chi connectivity index (χ0) is 12.5. The van der Waals surface area contributed by atoms with Crippen LogP contribution in [0.4, 0.5) is 0 Å². The average molecular weight is 240 g/mol. The lowest BCUT2D eigenvalue weighted by molar-refractivity contribution is -0.0712. The second-order valence-corrected chi connectivity index (χ2v) is 7.25. The van der Waals surface area contributed by atoms with E-state index in [-0.39, 0.29) is 0 Å². The third-order valence-corrected chi connectivity index (χ3v) is 4.39. The van der Waals surface area contributed by atoms with Gasteiger partial charge in [0, 0.05) is 6.61 Å². The quantitative estimate of drug-likeness (QED) is 0.818. The first-order valence-electron chi connectivity index (χ1n) is 7.23. The monoisotopic (exact) mass is 240 g/mol. The van der Waals surface area contributed by atoms with Gasteiger partial charge in [0.1, 0.15) is 0 Å². The number of aliphatic hydroxyl groups is 1. The predicted molar refractivity (Wildman–Crippen MR) is 70.0 cm³/mol. The zero-order valence-corrected chi connectivity index (χ0v) is 11.7. The molecule has 0 aromatic carbocycles. The van der Waals surface area contributed by atoms with Gasteiger partial charge in [-0.25, -0.2) is 0 Å². The predicted octanol–water partition coefficient (Wildman–Crippen LogP) is 3.52. The van der Waals surface area contributed by atoms with Gasteiger partial charge in [-0.2, -0.15) is 0 Å². The van der Waals surface area contributed by atoms with E-state index in [0.29, 0.717) is 17.4 Å². The Morgan fingerprint density at radius 3 is 2.65 bits per heavy atom. The Morgan fingerprint density at radius 2 is 2.06 bits per heavy atom. The van der Waals surface area contributed by atoms with Crippen LogP contribution in [-0.2, 0) is 4.74 Å². The van der Waals surface area contributed by atoms with Crippen molar-refractivity contribution in [1.29, 1.82) is 0 Å². The van der Waals surface area contributed by atoms with Crippen molar-refractivity contribution in [2.45, 2.75) is 77.4 Å². The molecule has 2 nitrogen and oxygen atoms in total. The Kier molecular flexibility index (Phi) is 3.84. The lowest BCUT2D eigenvalue weighted by Gasteiger charge is -2.45. The van der Waals surface area contributed by atoms with E-state index in [2.05, 4.69) is 20.8 Å². The molecule has 2 rings (SSSR count). The highest BCUT2D eigenvalue weighted by molar-refractivity contribution is 4.93. The molecule has 1 heterocycles. The lowest BCUT2D eigenvalue weighted by Crippen LogP contribution is -2.42. The van der Waals surface area contributed by atoms with Gasteiger partial charge in [0.15, 0.2) is 0 Å². The Bertz CT molecular complexity index is 256. The molecule has 0 bridgehead atoms. The molecule has 1 saturated carbocycles. The molecular weight excluding hydrogens is 212 g/mol. The van der Waals surface area contributed by atoms with Crippen molar-refractivity contribution in [1.82, 2.24) is 0 Å². The zero-order valence-electron chi connectivity index (χ0n) is 11.7. The van der Waals surface area contributed by atoms with Gasteiger partial charge in [-0.15, -0.1) is 0 Å². The first-order chi connectivity index (χ1) is 7.89. The second kappa shape index (κ2) is 4.89.